The molecule has 7 heteroatoms. The standard InChI is InChI=1S/C19H20FNO3S2/c20-17-8-4-5-9-18(17)25-13-19(22)21(12-15-6-2-1-3-7-15)16-10-11-26(23,24)14-16/h1-9,16H,10-14H2/t16-/m1/s1. The molecule has 1 heterocycles. The Labute approximate surface area is 157 Å². The topological polar surface area (TPSA) is 54.5 Å². The number of hydrogen-bond donors (Lipinski definition) is 0. The summed E-state index contributed by atoms with van der Waals surface area (Å²) in [5, 5.41) is 0. The lowest BCUT2D eigenvalue weighted by Crippen LogP contribution is -2.41. The van der Waals surface area contributed by atoms with Gasteiger partial charge in [0.05, 0.1) is 17.3 Å². The highest BCUT2D eigenvalue weighted by atomic mass is 32.2. The minimum atomic E-state index is -3.10. The molecule has 1 aliphatic heterocycles. The lowest BCUT2D eigenvalue weighted by atomic mass is 10.1. The maximum absolute atomic E-state index is 13.8. The molecule has 1 amide bonds. The van der Waals surface area contributed by atoms with E-state index in [0.29, 0.717) is 17.9 Å². The number of nitrogens with zero attached hydrogens (tertiary/aromatic N) is 1. The Morgan fingerprint density at radius 2 is 1.81 bits per heavy atom. The first kappa shape index (κ1) is 18.9. The molecule has 0 N–H and O–H groups in total. The fraction of sp³-hybridized carbons (Fsp3) is 0.316. The van der Waals surface area contributed by atoms with Gasteiger partial charge in [0, 0.05) is 17.5 Å². The molecule has 1 aliphatic rings. The number of sulfone groups is 1. The van der Waals surface area contributed by atoms with Gasteiger partial charge in [0.25, 0.3) is 0 Å². The van der Waals surface area contributed by atoms with E-state index in [1.807, 2.05) is 30.3 Å². The largest absolute Gasteiger partial charge is 0.334 e. The van der Waals surface area contributed by atoms with Crippen molar-refractivity contribution >= 4 is 27.5 Å². The van der Waals surface area contributed by atoms with Crippen LogP contribution in [0.25, 0.3) is 0 Å². The zero-order valence-electron chi connectivity index (χ0n) is 14.2. The monoisotopic (exact) mass is 393 g/mol. The van der Waals surface area contributed by atoms with Gasteiger partial charge >= 0.3 is 0 Å². The summed E-state index contributed by atoms with van der Waals surface area (Å²) in [5.41, 5.74) is 0.945. The van der Waals surface area contributed by atoms with Crippen molar-refractivity contribution in [3.05, 3.63) is 66.0 Å². The van der Waals surface area contributed by atoms with Crippen LogP contribution < -0.4 is 0 Å². The van der Waals surface area contributed by atoms with Gasteiger partial charge in [-0.15, -0.1) is 11.8 Å². The van der Waals surface area contributed by atoms with Gasteiger partial charge in [-0.05, 0) is 24.1 Å². The molecule has 0 radical (unpaired) electrons. The van der Waals surface area contributed by atoms with Crippen molar-refractivity contribution < 1.29 is 17.6 Å². The van der Waals surface area contributed by atoms with Crippen LogP contribution in [0.4, 0.5) is 4.39 Å². The first-order valence-corrected chi connectivity index (χ1v) is 11.2. The number of amides is 1. The van der Waals surface area contributed by atoms with E-state index in [9.17, 15) is 17.6 Å². The number of benzene rings is 2. The Bertz CT molecular complexity index is 871. The molecule has 26 heavy (non-hydrogen) atoms. The van der Waals surface area contributed by atoms with Crippen molar-refractivity contribution in [2.24, 2.45) is 0 Å². The Hall–Kier alpha value is -1.86. The molecule has 0 bridgehead atoms. The summed E-state index contributed by atoms with van der Waals surface area (Å²) in [6.07, 6.45) is 0.450. The lowest BCUT2D eigenvalue weighted by molar-refractivity contribution is -0.130. The van der Waals surface area contributed by atoms with Gasteiger partial charge < -0.3 is 4.90 Å². The van der Waals surface area contributed by atoms with Gasteiger partial charge in [0.2, 0.25) is 5.91 Å². The van der Waals surface area contributed by atoms with Crippen molar-refractivity contribution in [3.63, 3.8) is 0 Å². The van der Waals surface area contributed by atoms with Crippen LogP contribution >= 0.6 is 11.8 Å². The molecular weight excluding hydrogens is 373 g/mol. The second-order valence-corrected chi connectivity index (χ2v) is 9.53. The molecule has 0 aromatic heterocycles. The number of carbonyl (C=O) groups excluding carboxylic acids is 1. The number of rotatable bonds is 6. The summed E-state index contributed by atoms with van der Waals surface area (Å²) in [6.45, 7) is 0.359. The van der Waals surface area contributed by atoms with E-state index < -0.39 is 9.84 Å². The molecule has 0 aliphatic carbocycles. The molecule has 138 valence electrons. The fourth-order valence-electron chi connectivity index (χ4n) is 3.01. The highest BCUT2D eigenvalue weighted by Gasteiger charge is 2.34. The predicted octanol–water partition coefficient (Wildman–Crippen LogP) is 3.13. The van der Waals surface area contributed by atoms with E-state index in [4.69, 9.17) is 0 Å². The summed E-state index contributed by atoms with van der Waals surface area (Å²) >= 11 is 1.14. The highest BCUT2D eigenvalue weighted by molar-refractivity contribution is 8.00. The zero-order chi connectivity index (χ0) is 18.6. The Morgan fingerprint density at radius 1 is 1.12 bits per heavy atom. The lowest BCUT2D eigenvalue weighted by Gasteiger charge is -2.28. The second kappa shape index (κ2) is 8.22. The molecular formula is C19H20FNO3S2. The van der Waals surface area contributed by atoms with E-state index in [1.165, 1.54) is 6.07 Å². The molecule has 1 saturated heterocycles. The van der Waals surface area contributed by atoms with Gasteiger partial charge in [0.15, 0.2) is 9.84 Å². The minimum absolute atomic E-state index is 0.00403. The molecule has 2 aromatic carbocycles. The Kier molecular flexibility index (Phi) is 5.98. The number of carbonyl (C=O) groups is 1. The van der Waals surface area contributed by atoms with Gasteiger partial charge in [-0.3, -0.25) is 4.79 Å². The average Bonchev–Trinajstić information content (AvgIpc) is 2.99. The number of halogens is 1. The van der Waals surface area contributed by atoms with Gasteiger partial charge in [-0.25, -0.2) is 12.8 Å². The summed E-state index contributed by atoms with van der Waals surface area (Å²) < 4.78 is 37.5. The van der Waals surface area contributed by atoms with Crippen molar-refractivity contribution in [1.29, 1.82) is 0 Å². The number of thioether (sulfide) groups is 1. The molecule has 0 saturated carbocycles. The molecule has 1 atom stereocenters. The molecule has 3 rings (SSSR count). The summed E-state index contributed by atoms with van der Waals surface area (Å²) in [7, 11) is -3.10. The van der Waals surface area contributed by atoms with Crippen LogP contribution in [0.2, 0.25) is 0 Å². The van der Waals surface area contributed by atoms with Crippen LogP contribution in [0.1, 0.15) is 12.0 Å². The van der Waals surface area contributed by atoms with Crippen LogP contribution in [0.15, 0.2) is 59.5 Å². The van der Waals surface area contributed by atoms with Crippen molar-refractivity contribution in [3.8, 4) is 0 Å². The molecule has 1 fully saturated rings. The van der Waals surface area contributed by atoms with Gasteiger partial charge in [-0.1, -0.05) is 42.5 Å². The van der Waals surface area contributed by atoms with Crippen molar-refractivity contribution in [2.45, 2.75) is 23.9 Å². The molecule has 2 aromatic rings. The number of hydrogen-bond acceptors (Lipinski definition) is 4. The predicted molar refractivity (Wildman–Crippen MR) is 101 cm³/mol. The minimum Gasteiger partial charge on any atom is -0.334 e. The van der Waals surface area contributed by atoms with Crippen LogP contribution in [0.3, 0.4) is 0 Å². The SMILES string of the molecule is O=C(CSc1ccccc1F)N(Cc1ccccc1)[C@@H]1CCS(=O)(=O)C1. The van der Waals surface area contributed by atoms with Crippen LogP contribution in [0, 0.1) is 5.82 Å². The Balaban J connectivity index is 1.74. The van der Waals surface area contributed by atoms with Crippen LogP contribution in [0.5, 0.6) is 0 Å². The molecule has 0 spiro atoms. The fourth-order valence-corrected chi connectivity index (χ4v) is 5.56. The van der Waals surface area contributed by atoms with Crippen LogP contribution in [-0.4, -0.2) is 42.5 Å². The third-order valence-corrected chi connectivity index (χ3v) is 7.14. The normalized spacial score (nSPS) is 18.6. The third-order valence-electron chi connectivity index (χ3n) is 4.35. The first-order chi connectivity index (χ1) is 12.4. The van der Waals surface area contributed by atoms with E-state index >= 15 is 0 Å². The first-order valence-electron chi connectivity index (χ1n) is 8.36. The quantitative estimate of drug-likeness (QED) is 0.708. The van der Waals surface area contributed by atoms with Gasteiger partial charge in [0.1, 0.15) is 5.82 Å². The summed E-state index contributed by atoms with van der Waals surface area (Å²) in [6, 6.07) is 15.5. The third kappa shape index (κ3) is 4.86. The maximum Gasteiger partial charge on any atom is 0.233 e. The molecule has 0 unspecified atom stereocenters. The average molecular weight is 394 g/mol. The highest BCUT2D eigenvalue weighted by Crippen LogP contribution is 2.25. The summed E-state index contributed by atoms with van der Waals surface area (Å²) in [5.74, 6) is -0.357. The molecule has 4 nitrogen and oxygen atoms in total. The maximum atomic E-state index is 13.8. The summed E-state index contributed by atoms with van der Waals surface area (Å²) in [4.78, 5) is 14.9. The van der Waals surface area contributed by atoms with Crippen molar-refractivity contribution in [2.75, 3.05) is 17.3 Å². The van der Waals surface area contributed by atoms with Crippen LogP contribution in [-0.2, 0) is 21.2 Å². The van der Waals surface area contributed by atoms with E-state index in [0.717, 1.165) is 17.3 Å². The zero-order valence-corrected chi connectivity index (χ0v) is 15.8. The van der Waals surface area contributed by atoms with Gasteiger partial charge in [-0.2, -0.15) is 0 Å². The van der Waals surface area contributed by atoms with E-state index in [1.54, 1.807) is 23.1 Å². The van der Waals surface area contributed by atoms with E-state index in [-0.39, 0.29) is 35.0 Å². The smallest absolute Gasteiger partial charge is 0.233 e. The Morgan fingerprint density at radius 3 is 2.46 bits per heavy atom. The van der Waals surface area contributed by atoms with E-state index in [2.05, 4.69) is 0 Å². The van der Waals surface area contributed by atoms with Crippen molar-refractivity contribution in [1.82, 2.24) is 4.90 Å². The second-order valence-electron chi connectivity index (χ2n) is 6.28.